The number of nitrogens with zero attached hydrogens (tertiary/aromatic N) is 3. The van der Waals surface area contributed by atoms with Crippen LogP contribution >= 0.6 is 24.0 Å². The maximum atomic E-state index is 12.7. The Balaban J connectivity index is 0.00000196. The first kappa shape index (κ1) is 20.2. The summed E-state index contributed by atoms with van der Waals surface area (Å²) in [4.78, 5) is 21.5. The van der Waals surface area contributed by atoms with Crippen LogP contribution in [0.5, 0.6) is 0 Å². The van der Waals surface area contributed by atoms with Crippen molar-refractivity contribution in [2.24, 2.45) is 22.2 Å². The zero-order valence-corrected chi connectivity index (χ0v) is 18.2. The molecular formula is C19H33IN4O2. The summed E-state index contributed by atoms with van der Waals surface area (Å²) < 4.78 is 5.35. The van der Waals surface area contributed by atoms with E-state index in [9.17, 15) is 4.79 Å². The van der Waals surface area contributed by atoms with E-state index in [4.69, 9.17) is 4.74 Å². The molecule has 26 heavy (non-hydrogen) atoms. The number of aliphatic imine (C=N–C) groups is 1. The minimum Gasteiger partial charge on any atom is -0.378 e. The van der Waals surface area contributed by atoms with E-state index in [-0.39, 0.29) is 29.9 Å². The Hall–Kier alpha value is -0.570. The molecule has 7 heteroatoms. The van der Waals surface area contributed by atoms with Crippen LogP contribution in [0.3, 0.4) is 0 Å². The van der Waals surface area contributed by atoms with Crippen molar-refractivity contribution < 1.29 is 9.53 Å². The third-order valence-corrected chi connectivity index (χ3v) is 6.61. The lowest BCUT2D eigenvalue weighted by atomic mass is 9.95. The molecule has 2 heterocycles. The van der Waals surface area contributed by atoms with Gasteiger partial charge in [-0.15, -0.1) is 24.0 Å². The van der Waals surface area contributed by atoms with Crippen molar-refractivity contribution in [3.63, 3.8) is 0 Å². The lowest BCUT2D eigenvalue weighted by molar-refractivity contribution is -0.140. The molecule has 4 rings (SSSR count). The van der Waals surface area contributed by atoms with Crippen LogP contribution in [0.1, 0.15) is 38.5 Å². The van der Waals surface area contributed by atoms with E-state index < -0.39 is 0 Å². The topological polar surface area (TPSA) is 57.2 Å². The van der Waals surface area contributed by atoms with Gasteiger partial charge in [-0.3, -0.25) is 9.79 Å². The second kappa shape index (κ2) is 8.63. The summed E-state index contributed by atoms with van der Waals surface area (Å²) >= 11 is 0. The van der Waals surface area contributed by atoms with E-state index >= 15 is 0 Å². The lowest BCUT2D eigenvalue weighted by Gasteiger charge is -2.37. The second-order valence-corrected chi connectivity index (χ2v) is 8.24. The van der Waals surface area contributed by atoms with Crippen molar-refractivity contribution >= 4 is 35.8 Å². The molecule has 4 fully saturated rings. The highest BCUT2D eigenvalue weighted by molar-refractivity contribution is 14.0. The van der Waals surface area contributed by atoms with Crippen molar-refractivity contribution in [1.82, 2.24) is 15.1 Å². The van der Waals surface area contributed by atoms with Crippen molar-refractivity contribution in [1.29, 1.82) is 0 Å². The number of likely N-dealkylation sites (tertiary alicyclic amines) is 1. The minimum absolute atomic E-state index is 0. The van der Waals surface area contributed by atoms with Gasteiger partial charge in [0.1, 0.15) is 0 Å². The summed E-state index contributed by atoms with van der Waals surface area (Å²) in [6, 6.07) is 0. The number of rotatable bonds is 4. The fourth-order valence-electron chi connectivity index (χ4n) is 4.55. The van der Waals surface area contributed by atoms with E-state index in [0.29, 0.717) is 24.5 Å². The van der Waals surface area contributed by atoms with E-state index in [1.807, 2.05) is 11.9 Å². The van der Waals surface area contributed by atoms with Gasteiger partial charge < -0.3 is 19.9 Å². The number of hydrogen-bond acceptors (Lipinski definition) is 3. The number of nitrogens with one attached hydrogen (secondary N) is 1. The number of piperidine rings is 1. The smallest absolute Gasteiger partial charge is 0.225 e. The van der Waals surface area contributed by atoms with Gasteiger partial charge in [-0.2, -0.15) is 0 Å². The van der Waals surface area contributed by atoms with Crippen LogP contribution < -0.4 is 5.32 Å². The Bertz CT molecular complexity index is 520. The summed E-state index contributed by atoms with van der Waals surface area (Å²) in [5.41, 5.74) is 0.584. The number of hydrogen-bond donors (Lipinski definition) is 1. The Labute approximate surface area is 174 Å². The first-order valence-corrected chi connectivity index (χ1v) is 10.0. The van der Waals surface area contributed by atoms with Crippen molar-refractivity contribution in [3.8, 4) is 0 Å². The molecule has 2 aliphatic heterocycles. The van der Waals surface area contributed by atoms with Gasteiger partial charge in [0, 0.05) is 45.7 Å². The van der Waals surface area contributed by atoms with Crippen molar-refractivity contribution in [3.05, 3.63) is 0 Å². The summed E-state index contributed by atoms with van der Waals surface area (Å²) in [6.07, 6.45) is 7.50. The number of morpholine rings is 1. The van der Waals surface area contributed by atoms with Crippen LogP contribution in [-0.2, 0) is 9.53 Å². The Morgan fingerprint density at radius 3 is 2.27 bits per heavy atom. The van der Waals surface area contributed by atoms with Crippen LogP contribution in [0.15, 0.2) is 4.99 Å². The van der Waals surface area contributed by atoms with Crippen LogP contribution in [0, 0.1) is 17.3 Å². The van der Waals surface area contributed by atoms with Crippen LogP contribution in [0.2, 0.25) is 0 Å². The average Bonchev–Trinajstić information content (AvgIpc) is 3.56. The van der Waals surface area contributed by atoms with Gasteiger partial charge in [-0.1, -0.05) is 0 Å². The molecule has 0 bridgehead atoms. The number of guanidine groups is 1. The van der Waals surface area contributed by atoms with Gasteiger partial charge in [-0.25, -0.2) is 0 Å². The molecule has 1 amide bonds. The standard InChI is InChI=1S/C19H32N4O2.HI/c1-20-18(21-14-19(6-7-19)16-2-3-16)23-8-4-15(5-9-23)17(24)22-10-12-25-13-11-22;/h15-16H,2-14H2,1H3,(H,20,21);1H. The van der Waals surface area contributed by atoms with Crippen LogP contribution in [-0.4, -0.2) is 74.7 Å². The van der Waals surface area contributed by atoms with E-state index in [1.165, 1.54) is 25.7 Å². The van der Waals surface area contributed by atoms with Crippen LogP contribution in [0.4, 0.5) is 0 Å². The largest absolute Gasteiger partial charge is 0.378 e. The molecule has 0 radical (unpaired) electrons. The number of carbonyl (C=O) groups excluding carboxylic acids is 1. The van der Waals surface area contributed by atoms with Gasteiger partial charge in [-0.05, 0) is 49.9 Å². The number of halogens is 1. The molecule has 148 valence electrons. The second-order valence-electron chi connectivity index (χ2n) is 8.24. The molecule has 0 unspecified atom stereocenters. The highest BCUT2D eigenvalue weighted by Crippen LogP contribution is 2.60. The molecule has 2 saturated heterocycles. The monoisotopic (exact) mass is 476 g/mol. The van der Waals surface area contributed by atoms with Gasteiger partial charge >= 0.3 is 0 Å². The van der Waals surface area contributed by atoms with E-state index in [2.05, 4.69) is 15.2 Å². The third-order valence-electron chi connectivity index (χ3n) is 6.61. The SMILES string of the molecule is CN=C(NCC1(C2CC2)CC1)N1CCC(C(=O)N2CCOCC2)CC1.I. The van der Waals surface area contributed by atoms with Crippen molar-refractivity contribution in [2.75, 3.05) is 53.0 Å². The molecule has 0 aromatic carbocycles. The normalized spacial score (nSPS) is 26.3. The fraction of sp³-hybridized carbons (Fsp3) is 0.895. The summed E-state index contributed by atoms with van der Waals surface area (Å²) in [5.74, 6) is 2.50. The van der Waals surface area contributed by atoms with Gasteiger partial charge in [0.2, 0.25) is 5.91 Å². The highest BCUT2D eigenvalue weighted by Gasteiger charge is 2.53. The summed E-state index contributed by atoms with van der Waals surface area (Å²) in [5, 5.41) is 3.63. The predicted octanol–water partition coefficient (Wildman–Crippen LogP) is 1.94. The number of carbonyl (C=O) groups is 1. The maximum absolute atomic E-state index is 12.7. The highest BCUT2D eigenvalue weighted by atomic mass is 127. The molecule has 4 aliphatic rings. The van der Waals surface area contributed by atoms with E-state index in [0.717, 1.165) is 57.4 Å². The first-order chi connectivity index (χ1) is 12.2. The zero-order chi connectivity index (χ0) is 17.3. The lowest BCUT2D eigenvalue weighted by Crippen LogP contribution is -2.50. The van der Waals surface area contributed by atoms with Gasteiger partial charge in [0.05, 0.1) is 13.2 Å². The first-order valence-electron chi connectivity index (χ1n) is 10.0. The van der Waals surface area contributed by atoms with Crippen molar-refractivity contribution in [2.45, 2.75) is 38.5 Å². The molecule has 2 saturated carbocycles. The predicted molar refractivity (Wildman–Crippen MR) is 113 cm³/mol. The number of amides is 1. The van der Waals surface area contributed by atoms with E-state index in [1.54, 1.807) is 0 Å². The number of ether oxygens (including phenoxy) is 1. The van der Waals surface area contributed by atoms with Gasteiger partial charge in [0.15, 0.2) is 5.96 Å². The Morgan fingerprint density at radius 2 is 1.73 bits per heavy atom. The third kappa shape index (κ3) is 4.46. The quantitative estimate of drug-likeness (QED) is 0.383. The summed E-state index contributed by atoms with van der Waals surface area (Å²) in [7, 11) is 1.88. The summed E-state index contributed by atoms with van der Waals surface area (Å²) in [6.45, 7) is 5.81. The molecule has 0 spiro atoms. The minimum atomic E-state index is 0. The molecule has 0 atom stereocenters. The Morgan fingerprint density at radius 1 is 1.08 bits per heavy atom. The Kier molecular flexibility index (Phi) is 6.69. The average molecular weight is 476 g/mol. The van der Waals surface area contributed by atoms with Crippen LogP contribution in [0.25, 0.3) is 0 Å². The molecule has 0 aromatic heterocycles. The molecule has 2 aliphatic carbocycles. The molecule has 6 nitrogen and oxygen atoms in total. The zero-order valence-electron chi connectivity index (χ0n) is 15.9. The molecule has 1 N–H and O–H groups in total. The maximum Gasteiger partial charge on any atom is 0.225 e. The fourth-order valence-corrected chi connectivity index (χ4v) is 4.55. The molecular weight excluding hydrogens is 443 g/mol. The molecule has 0 aromatic rings. The van der Waals surface area contributed by atoms with Gasteiger partial charge in [0.25, 0.3) is 0 Å².